The maximum Gasteiger partial charge on any atom is 0.416 e. The fourth-order valence-corrected chi connectivity index (χ4v) is 2.62. The van der Waals surface area contributed by atoms with Crippen LogP contribution in [0, 0.1) is 0 Å². The Kier molecular flexibility index (Phi) is 3.29. The van der Waals surface area contributed by atoms with Gasteiger partial charge in [-0.1, -0.05) is 0 Å². The summed E-state index contributed by atoms with van der Waals surface area (Å²) in [5.41, 5.74) is -0.312. The van der Waals surface area contributed by atoms with E-state index >= 15 is 0 Å². The van der Waals surface area contributed by atoms with Gasteiger partial charge in [0.15, 0.2) is 0 Å². The SMILES string of the molecule is CCN1CC(C(C)(C)O)c2cc(C(F)(F)F)ccc21. The molecular weight excluding hydrogens is 255 g/mol. The van der Waals surface area contributed by atoms with E-state index < -0.39 is 17.3 Å². The maximum atomic E-state index is 12.8. The Balaban J connectivity index is 2.51. The molecule has 19 heavy (non-hydrogen) atoms. The third-order valence-electron chi connectivity index (χ3n) is 3.71. The summed E-state index contributed by atoms with van der Waals surface area (Å²) in [7, 11) is 0. The van der Waals surface area contributed by atoms with Gasteiger partial charge in [0.05, 0.1) is 11.2 Å². The van der Waals surface area contributed by atoms with E-state index in [4.69, 9.17) is 0 Å². The number of halogens is 3. The van der Waals surface area contributed by atoms with Crippen LogP contribution in [-0.2, 0) is 6.18 Å². The third-order valence-corrected chi connectivity index (χ3v) is 3.71. The van der Waals surface area contributed by atoms with Gasteiger partial charge in [-0.25, -0.2) is 0 Å². The molecule has 1 aliphatic rings. The first kappa shape index (κ1) is 14.2. The molecule has 1 aromatic rings. The van der Waals surface area contributed by atoms with Crippen molar-refractivity contribution in [1.29, 1.82) is 0 Å². The topological polar surface area (TPSA) is 23.5 Å². The van der Waals surface area contributed by atoms with Crippen molar-refractivity contribution in [2.75, 3.05) is 18.0 Å². The Morgan fingerprint density at radius 2 is 1.95 bits per heavy atom. The molecule has 0 aromatic heterocycles. The van der Waals surface area contributed by atoms with Crippen molar-refractivity contribution in [2.24, 2.45) is 0 Å². The lowest BCUT2D eigenvalue weighted by atomic mass is 9.86. The number of hydrogen-bond donors (Lipinski definition) is 1. The van der Waals surface area contributed by atoms with Gasteiger partial charge in [0.1, 0.15) is 0 Å². The molecule has 1 heterocycles. The van der Waals surface area contributed by atoms with Crippen LogP contribution in [0.3, 0.4) is 0 Å². The average molecular weight is 273 g/mol. The lowest BCUT2D eigenvalue weighted by Crippen LogP contribution is -2.33. The lowest BCUT2D eigenvalue weighted by molar-refractivity contribution is -0.137. The second-order valence-corrected chi connectivity index (χ2v) is 5.52. The largest absolute Gasteiger partial charge is 0.416 e. The number of fused-ring (bicyclic) bond motifs is 1. The van der Waals surface area contributed by atoms with E-state index in [1.165, 1.54) is 12.1 Å². The number of nitrogens with zero attached hydrogens (tertiary/aromatic N) is 1. The molecule has 0 saturated carbocycles. The van der Waals surface area contributed by atoms with Crippen LogP contribution in [0.4, 0.5) is 18.9 Å². The second-order valence-electron chi connectivity index (χ2n) is 5.52. The minimum absolute atomic E-state index is 0.301. The van der Waals surface area contributed by atoms with Crippen LogP contribution in [0.2, 0.25) is 0 Å². The summed E-state index contributed by atoms with van der Waals surface area (Å²) in [4.78, 5) is 2.00. The smallest absolute Gasteiger partial charge is 0.390 e. The van der Waals surface area contributed by atoms with Crippen LogP contribution in [-0.4, -0.2) is 23.8 Å². The van der Waals surface area contributed by atoms with Gasteiger partial charge in [0.2, 0.25) is 0 Å². The molecule has 2 rings (SSSR count). The second kappa shape index (κ2) is 4.40. The minimum atomic E-state index is -4.35. The molecule has 1 unspecified atom stereocenters. The van der Waals surface area contributed by atoms with E-state index in [2.05, 4.69) is 0 Å². The summed E-state index contributed by atoms with van der Waals surface area (Å²) in [6, 6.07) is 3.79. The molecule has 1 atom stereocenters. The minimum Gasteiger partial charge on any atom is -0.390 e. The quantitative estimate of drug-likeness (QED) is 0.892. The van der Waals surface area contributed by atoms with Crippen molar-refractivity contribution in [3.05, 3.63) is 29.3 Å². The molecule has 106 valence electrons. The Morgan fingerprint density at radius 1 is 1.32 bits per heavy atom. The number of aliphatic hydroxyl groups is 1. The Hall–Kier alpha value is -1.23. The summed E-state index contributed by atoms with van der Waals surface area (Å²) in [6.45, 7) is 6.50. The van der Waals surface area contributed by atoms with E-state index in [0.717, 1.165) is 11.8 Å². The highest BCUT2D eigenvalue weighted by Gasteiger charge is 2.39. The summed E-state index contributed by atoms with van der Waals surface area (Å²) in [6.07, 6.45) is -4.35. The van der Waals surface area contributed by atoms with Gasteiger partial charge in [0.25, 0.3) is 0 Å². The van der Waals surface area contributed by atoms with Crippen molar-refractivity contribution in [1.82, 2.24) is 0 Å². The number of benzene rings is 1. The normalized spacial score (nSPS) is 19.7. The van der Waals surface area contributed by atoms with Gasteiger partial charge in [-0.15, -0.1) is 0 Å². The first-order valence-corrected chi connectivity index (χ1v) is 6.33. The predicted octanol–water partition coefficient (Wildman–Crippen LogP) is 3.40. The van der Waals surface area contributed by atoms with Gasteiger partial charge in [-0.05, 0) is 44.5 Å². The number of anilines is 1. The van der Waals surface area contributed by atoms with Crippen LogP contribution in [0.15, 0.2) is 18.2 Å². The summed E-state index contributed by atoms with van der Waals surface area (Å²) in [5, 5.41) is 10.2. The molecule has 0 amide bonds. The molecule has 1 aromatic carbocycles. The molecule has 0 fully saturated rings. The summed E-state index contributed by atoms with van der Waals surface area (Å²) < 4.78 is 38.3. The third kappa shape index (κ3) is 2.56. The van der Waals surface area contributed by atoms with Crippen LogP contribution < -0.4 is 4.90 Å². The van der Waals surface area contributed by atoms with E-state index in [0.29, 0.717) is 18.7 Å². The Labute approximate surface area is 110 Å². The number of likely N-dealkylation sites (N-methyl/N-ethyl adjacent to an activating group) is 1. The van der Waals surface area contributed by atoms with Gasteiger partial charge < -0.3 is 10.0 Å². The number of hydrogen-bond acceptors (Lipinski definition) is 2. The molecule has 0 aliphatic carbocycles. The zero-order chi connectivity index (χ0) is 14.4. The molecule has 0 radical (unpaired) electrons. The van der Waals surface area contributed by atoms with Crippen LogP contribution in [0.5, 0.6) is 0 Å². The van der Waals surface area contributed by atoms with E-state index in [1.807, 2.05) is 11.8 Å². The molecule has 5 heteroatoms. The van der Waals surface area contributed by atoms with E-state index in [-0.39, 0.29) is 5.92 Å². The molecule has 1 N–H and O–H groups in total. The fraction of sp³-hybridized carbons (Fsp3) is 0.571. The molecule has 0 saturated heterocycles. The standard InChI is InChI=1S/C14H18F3NO/c1-4-18-8-11(13(2,3)19)10-7-9(14(15,16)17)5-6-12(10)18/h5-7,11,19H,4,8H2,1-3H3. The first-order chi connectivity index (χ1) is 8.64. The summed E-state index contributed by atoms with van der Waals surface area (Å²) in [5.74, 6) is -0.301. The van der Waals surface area contributed by atoms with Crippen LogP contribution in [0.1, 0.15) is 37.8 Å². The van der Waals surface area contributed by atoms with Gasteiger partial charge in [-0.3, -0.25) is 0 Å². The number of rotatable bonds is 2. The number of alkyl halides is 3. The lowest BCUT2D eigenvalue weighted by Gasteiger charge is -2.26. The maximum absolute atomic E-state index is 12.8. The Morgan fingerprint density at radius 3 is 2.42 bits per heavy atom. The Bertz CT molecular complexity index is 477. The van der Waals surface area contributed by atoms with E-state index in [1.54, 1.807) is 13.8 Å². The summed E-state index contributed by atoms with van der Waals surface area (Å²) >= 11 is 0. The first-order valence-electron chi connectivity index (χ1n) is 6.33. The van der Waals surface area contributed by atoms with Gasteiger partial charge in [0, 0.05) is 24.7 Å². The molecule has 0 spiro atoms. The molecule has 2 nitrogen and oxygen atoms in total. The highest BCUT2D eigenvalue weighted by molar-refractivity contribution is 5.62. The fourth-order valence-electron chi connectivity index (χ4n) is 2.62. The highest BCUT2D eigenvalue weighted by atomic mass is 19.4. The van der Waals surface area contributed by atoms with Crippen molar-refractivity contribution in [3.63, 3.8) is 0 Å². The molecule has 0 bridgehead atoms. The van der Waals surface area contributed by atoms with Crippen molar-refractivity contribution >= 4 is 5.69 Å². The highest BCUT2D eigenvalue weighted by Crippen LogP contribution is 2.44. The molecular formula is C14H18F3NO. The average Bonchev–Trinajstić information content (AvgIpc) is 2.65. The van der Waals surface area contributed by atoms with Gasteiger partial charge >= 0.3 is 6.18 Å². The molecule has 1 aliphatic heterocycles. The zero-order valence-corrected chi connectivity index (χ0v) is 11.3. The monoisotopic (exact) mass is 273 g/mol. The van der Waals surface area contributed by atoms with Gasteiger partial charge in [-0.2, -0.15) is 13.2 Å². The van der Waals surface area contributed by atoms with Crippen LogP contribution in [0.25, 0.3) is 0 Å². The van der Waals surface area contributed by atoms with E-state index in [9.17, 15) is 18.3 Å². The zero-order valence-electron chi connectivity index (χ0n) is 11.3. The van der Waals surface area contributed by atoms with Crippen molar-refractivity contribution < 1.29 is 18.3 Å². The predicted molar refractivity (Wildman–Crippen MR) is 68.4 cm³/mol. The van der Waals surface area contributed by atoms with Crippen molar-refractivity contribution in [3.8, 4) is 0 Å². The van der Waals surface area contributed by atoms with Crippen molar-refractivity contribution in [2.45, 2.75) is 38.5 Å². The van der Waals surface area contributed by atoms with Crippen LogP contribution >= 0.6 is 0 Å².